The Morgan fingerprint density at radius 3 is 2.07 bits per heavy atom. The van der Waals surface area contributed by atoms with Crippen molar-refractivity contribution in [2.45, 2.75) is 46.6 Å². The zero-order valence-electron chi connectivity index (χ0n) is 10.4. The SMILES string of the molecule is Cc1cc(C)cc(CC(C)CC(C)N)c1. The molecule has 84 valence electrons. The Hall–Kier alpha value is -0.820. The van der Waals surface area contributed by atoms with Gasteiger partial charge in [-0.15, -0.1) is 0 Å². The summed E-state index contributed by atoms with van der Waals surface area (Å²) in [6.45, 7) is 8.68. The molecule has 15 heavy (non-hydrogen) atoms. The lowest BCUT2D eigenvalue weighted by molar-refractivity contribution is 0.480. The van der Waals surface area contributed by atoms with Gasteiger partial charge in [0.2, 0.25) is 0 Å². The van der Waals surface area contributed by atoms with Crippen molar-refractivity contribution in [1.82, 2.24) is 0 Å². The minimum absolute atomic E-state index is 0.311. The molecule has 1 heteroatoms. The minimum Gasteiger partial charge on any atom is -0.328 e. The van der Waals surface area contributed by atoms with Crippen LogP contribution in [0.2, 0.25) is 0 Å². The summed E-state index contributed by atoms with van der Waals surface area (Å²) in [5.74, 6) is 0.672. The van der Waals surface area contributed by atoms with Crippen molar-refractivity contribution in [1.29, 1.82) is 0 Å². The summed E-state index contributed by atoms with van der Waals surface area (Å²) in [6.07, 6.45) is 2.25. The van der Waals surface area contributed by atoms with Crippen molar-refractivity contribution in [3.8, 4) is 0 Å². The first-order valence-electron chi connectivity index (χ1n) is 5.80. The predicted octanol–water partition coefficient (Wildman–Crippen LogP) is 3.22. The van der Waals surface area contributed by atoms with E-state index in [4.69, 9.17) is 5.73 Å². The number of hydrogen-bond donors (Lipinski definition) is 1. The number of nitrogens with two attached hydrogens (primary N) is 1. The van der Waals surface area contributed by atoms with E-state index in [-0.39, 0.29) is 0 Å². The molecule has 0 saturated heterocycles. The van der Waals surface area contributed by atoms with Gasteiger partial charge in [-0.25, -0.2) is 0 Å². The Balaban J connectivity index is 2.63. The van der Waals surface area contributed by atoms with E-state index in [0.717, 1.165) is 12.8 Å². The molecular weight excluding hydrogens is 182 g/mol. The predicted molar refractivity (Wildman–Crippen MR) is 67.1 cm³/mol. The first kappa shape index (κ1) is 12.3. The van der Waals surface area contributed by atoms with Gasteiger partial charge >= 0.3 is 0 Å². The smallest absolute Gasteiger partial charge is 0.00131 e. The van der Waals surface area contributed by atoms with Crippen molar-refractivity contribution < 1.29 is 0 Å². The third kappa shape index (κ3) is 4.48. The molecule has 2 N–H and O–H groups in total. The average molecular weight is 205 g/mol. The van der Waals surface area contributed by atoms with E-state index in [1.165, 1.54) is 16.7 Å². The van der Waals surface area contributed by atoms with E-state index >= 15 is 0 Å². The third-order valence-electron chi connectivity index (χ3n) is 2.64. The molecule has 0 aliphatic rings. The number of aryl methyl sites for hydroxylation is 2. The largest absolute Gasteiger partial charge is 0.328 e. The second kappa shape index (κ2) is 5.32. The molecule has 1 aromatic rings. The molecule has 2 unspecified atom stereocenters. The van der Waals surface area contributed by atoms with E-state index < -0.39 is 0 Å². The van der Waals surface area contributed by atoms with E-state index in [1.54, 1.807) is 0 Å². The lowest BCUT2D eigenvalue weighted by Gasteiger charge is -2.14. The van der Waals surface area contributed by atoms with Crippen LogP contribution in [0, 0.1) is 19.8 Å². The van der Waals surface area contributed by atoms with Crippen molar-refractivity contribution in [2.75, 3.05) is 0 Å². The van der Waals surface area contributed by atoms with Gasteiger partial charge in [0.15, 0.2) is 0 Å². The second-order valence-electron chi connectivity index (χ2n) is 5.02. The molecule has 0 heterocycles. The summed E-state index contributed by atoms with van der Waals surface area (Å²) in [5.41, 5.74) is 9.97. The quantitative estimate of drug-likeness (QED) is 0.802. The highest BCUT2D eigenvalue weighted by Gasteiger charge is 2.06. The Morgan fingerprint density at radius 1 is 1.07 bits per heavy atom. The van der Waals surface area contributed by atoms with Gasteiger partial charge in [-0.2, -0.15) is 0 Å². The summed E-state index contributed by atoms with van der Waals surface area (Å²) in [5, 5.41) is 0. The molecule has 1 rings (SSSR count). The number of benzene rings is 1. The van der Waals surface area contributed by atoms with E-state index in [1.807, 2.05) is 0 Å². The standard InChI is InChI=1S/C14H23N/c1-10-5-11(2)8-14(7-10)9-12(3)6-13(4)15/h5,7-8,12-13H,6,9,15H2,1-4H3. The van der Waals surface area contributed by atoms with Crippen LogP contribution in [0.15, 0.2) is 18.2 Å². The second-order valence-corrected chi connectivity index (χ2v) is 5.02. The van der Waals surface area contributed by atoms with E-state index in [0.29, 0.717) is 12.0 Å². The first-order valence-corrected chi connectivity index (χ1v) is 5.80. The maximum atomic E-state index is 5.81. The van der Waals surface area contributed by atoms with Crippen LogP contribution in [-0.4, -0.2) is 6.04 Å². The Kier molecular flexibility index (Phi) is 4.34. The lowest BCUT2D eigenvalue weighted by atomic mass is 9.93. The fraction of sp³-hybridized carbons (Fsp3) is 0.571. The highest BCUT2D eigenvalue weighted by molar-refractivity contribution is 5.28. The van der Waals surface area contributed by atoms with Crippen LogP contribution in [0.4, 0.5) is 0 Å². The monoisotopic (exact) mass is 205 g/mol. The molecule has 0 amide bonds. The molecule has 0 saturated carbocycles. The van der Waals surface area contributed by atoms with Crippen molar-refractivity contribution in [2.24, 2.45) is 11.7 Å². The zero-order valence-corrected chi connectivity index (χ0v) is 10.4. The summed E-state index contributed by atoms with van der Waals surface area (Å²) < 4.78 is 0. The van der Waals surface area contributed by atoms with Gasteiger partial charge < -0.3 is 5.73 Å². The number of rotatable bonds is 4. The van der Waals surface area contributed by atoms with Crippen LogP contribution >= 0.6 is 0 Å². The van der Waals surface area contributed by atoms with Gasteiger partial charge in [-0.05, 0) is 45.1 Å². The highest BCUT2D eigenvalue weighted by atomic mass is 14.6. The molecule has 0 aliphatic carbocycles. The molecule has 0 aliphatic heterocycles. The fourth-order valence-electron chi connectivity index (χ4n) is 2.31. The van der Waals surface area contributed by atoms with Gasteiger partial charge in [0, 0.05) is 6.04 Å². The topological polar surface area (TPSA) is 26.0 Å². The Bertz CT molecular complexity index is 295. The molecule has 0 aromatic heterocycles. The normalized spacial score (nSPS) is 15.0. The summed E-state index contributed by atoms with van der Waals surface area (Å²) in [4.78, 5) is 0. The molecule has 1 aromatic carbocycles. The molecular formula is C14H23N. The highest BCUT2D eigenvalue weighted by Crippen LogP contribution is 2.16. The van der Waals surface area contributed by atoms with Crippen LogP contribution in [0.25, 0.3) is 0 Å². The molecule has 0 spiro atoms. The Morgan fingerprint density at radius 2 is 1.60 bits per heavy atom. The molecule has 2 atom stereocenters. The van der Waals surface area contributed by atoms with Gasteiger partial charge in [-0.1, -0.05) is 36.2 Å². The Labute approximate surface area is 93.7 Å². The summed E-state index contributed by atoms with van der Waals surface area (Å²) in [7, 11) is 0. The van der Waals surface area contributed by atoms with Crippen LogP contribution in [0.3, 0.4) is 0 Å². The van der Waals surface area contributed by atoms with Gasteiger partial charge in [0.05, 0.1) is 0 Å². The zero-order chi connectivity index (χ0) is 11.4. The van der Waals surface area contributed by atoms with Gasteiger partial charge in [-0.3, -0.25) is 0 Å². The summed E-state index contributed by atoms with van der Waals surface area (Å²) in [6, 6.07) is 7.10. The fourth-order valence-corrected chi connectivity index (χ4v) is 2.31. The van der Waals surface area contributed by atoms with E-state index in [9.17, 15) is 0 Å². The van der Waals surface area contributed by atoms with E-state index in [2.05, 4.69) is 45.9 Å². The average Bonchev–Trinajstić information content (AvgIpc) is 1.98. The van der Waals surface area contributed by atoms with Gasteiger partial charge in [0.25, 0.3) is 0 Å². The molecule has 0 bridgehead atoms. The summed E-state index contributed by atoms with van der Waals surface area (Å²) >= 11 is 0. The minimum atomic E-state index is 0.311. The molecule has 0 radical (unpaired) electrons. The third-order valence-corrected chi connectivity index (χ3v) is 2.64. The molecule has 0 fully saturated rings. The van der Waals surface area contributed by atoms with Crippen LogP contribution in [0.1, 0.15) is 37.0 Å². The van der Waals surface area contributed by atoms with Crippen molar-refractivity contribution in [3.63, 3.8) is 0 Å². The lowest BCUT2D eigenvalue weighted by Crippen LogP contribution is -2.19. The first-order chi connectivity index (χ1) is 6.97. The van der Waals surface area contributed by atoms with Crippen LogP contribution < -0.4 is 5.73 Å². The van der Waals surface area contributed by atoms with Gasteiger partial charge in [0.1, 0.15) is 0 Å². The van der Waals surface area contributed by atoms with Crippen molar-refractivity contribution in [3.05, 3.63) is 34.9 Å². The molecule has 1 nitrogen and oxygen atoms in total. The van der Waals surface area contributed by atoms with Crippen molar-refractivity contribution >= 4 is 0 Å². The maximum Gasteiger partial charge on any atom is 0.00131 e. The van der Waals surface area contributed by atoms with Crippen LogP contribution in [-0.2, 0) is 6.42 Å². The number of hydrogen-bond acceptors (Lipinski definition) is 1. The maximum absolute atomic E-state index is 5.81. The van der Waals surface area contributed by atoms with Crippen LogP contribution in [0.5, 0.6) is 0 Å².